The summed E-state index contributed by atoms with van der Waals surface area (Å²) in [5, 5.41) is 0.990. The van der Waals surface area contributed by atoms with Gasteiger partial charge in [0.2, 0.25) is 0 Å². The maximum Gasteiger partial charge on any atom is 0.161 e. The highest BCUT2D eigenvalue weighted by Crippen LogP contribution is 2.28. The number of rotatable bonds is 1. The Hall–Kier alpha value is -1.94. The monoisotopic (exact) mass is 299 g/mol. The Labute approximate surface area is 113 Å². The Balaban J connectivity index is 2.22. The van der Waals surface area contributed by atoms with E-state index in [-0.39, 0.29) is 0 Å². The van der Waals surface area contributed by atoms with E-state index in [9.17, 15) is 0 Å². The zero-order valence-corrected chi connectivity index (χ0v) is 11.1. The molecule has 0 aliphatic carbocycles. The van der Waals surface area contributed by atoms with Crippen LogP contribution in [0.1, 0.15) is 0 Å². The number of benzene rings is 1. The van der Waals surface area contributed by atoms with Crippen LogP contribution in [0.25, 0.3) is 22.2 Å². The van der Waals surface area contributed by atoms with Crippen LogP contribution in [-0.2, 0) is 0 Å². The average molecular weight is 300 g/mol. The number of halogens is 1. The van der Waals surface area contributed by atoms with Gasteiger partial charge in [0, 0.05) is 21.6 Å². The molecule has 0 saturated heterocycles. The lowest BCUT2D eigenvalue weighted by Gasteiger charge is -2.07. The van der Waals surface area contributed by atoms with Crippen molar-refractivity contribution in [2.75, 3.05) is 5.73 Å². The molecule has 0 bridgehead atoms. The maximum absolute atomic E-state index is 5.99. The molecule has 0 spiro atoms. The van der Waals surface area contributed by atoms with Gasteiger partial charge in [0.1, 0.15) is 5.82 Å². The van der Waals surface area contributed by atoms with Crippen LogP contribution in [-0.4, -0.2) is 9.97 Å². The van der Waals surface area contributed by atoms with Crippen molar-refractivity contribution in [3.05, 3.63) is 53.1 Å². The van der Waals surface area contributed by atoms with E-state index >= 15 is 0 Å². The van der Waals surface area contributed by atoms with E-state index in [1.165, 1.54) is 0 Å². The van der Waals surface area contributed by atoms with Crippen molar-refractivity contribution < 1.29 is 0 Å². The lowest BCUT2D eigenvalue weighted by Crippen LogP contribution is -1.96. The van der Waals surface area contributed by atoms with E-state index in [4.69, 9.17) is 5.73 Å². The van der Waals surface area contributed by atoms with Crippen molar-refractivity contribution in [3.63, 3.8) is 0 Å². The molecule has 0 aliphatic heterocycles. The molecule has 3 aromatic rings. The summed E-state index contributed by atoms with van der Waals surface area (Å²) in [6.07, 6.45) is 1.72. The number of hydrogen-bond donors (Lipinski definition) is 1. The first-order valence-corrected chi connectivity index (χ1v) is 6.30. The van der Waals surface area contributed by atoms with Gasteiger partial charge >= 0.3 is 0 Å². The Kier molecular flexibility index (Phi) is 2.72. The van der Waals surface area contributed by atoms with Crippen molar-refractivity contribution in [1.82, 2.24) is 9.97 Å². The molecule has 0 aliphatic rings. The van der Waals surface area contributed by atoms with Crippen LogP contribution in [0.4, 0.5) is 5.82 Å². The third kappa shape index (κ3) is 1.95. The van der Waals surface area contributed by atoms with Gasteiger partial charge in [0.05, 0.1) is 0 Å². The van der Waals surface area contributed by atoms with Crippen molar-refractivity contribution in [1.29, 1.82) is 0 Å². The first-order valence-electron chi connectivity index (χ1n) is 5.51. The minimum atomic E-state index is 0.503. The SMILES string of the molecule is Nc1nc2ncccc2cc1-c1ccc(Br)cc1. The summed E-state index contributed by atoms with van der Waals surface area (Å²) in [7, 11) is 0. The molecule has 0 saturated carbocycles. The molecular weight excluding hydrogens is 290 g/mol. The van der Waals surface area contributed by atoms with Crippen LogP contribution in [0.15, 0.2) is 53.1 Å². The van der Waals surface area contributed by atoms with Crippen molar-refractivity contribution in [3.8, 4) is 11.1 Å². The fourth-order valence-electron chi connectivity index (χ4n) is 1.88. The summed E-state index contributed by atoms with van der Waals surface area (Å²) >= 11 is 3.42. The lowest BCUT2D eigenvalue weighted by atomic mass is 10.1. The summed E-state index contributed by atoms with van der Waals surface area (Å²) < 4.78 is 1.04. The Morgan fingerprint density at radius 1 is 1.06 bits per heavy atom. The highest BCUT2D eigenvalue weighted by molar-refractivity contribution is 9.10. The first kappa shape index (κ1) is 11.2. The summed E-state index contributed by atoms with van der Waals surface area (Å²) in [5.74, 6) is 0.503. The minimum absolute atomic E-state index is 0.503. The number of aromatic nitrogens is 2. The summed E-state index contributed by atoms with van der Waals surface area (Å²) in [4.78, 5) is 8.52. The molecule has 4 heteroatoms. The molecular formula is C14H10BrN3. The molecule has 0 amide bonds. The second-order valence-corrected chi connectivity index (χ2v) is 4.89. The van der Waals surface area contributed by atoms with Crippen LogP contribution in [0.5, 0.6) is 0 Å². The predicted octanol–water partition coefficient (Wildman–Crippen LogP) is 3.64. The number of fused-ring (bicyclic) bond motifs is 1. The first-order chi connectivity index (χ1) is 8.74. The molecule has 1 aromatic carbocycles. The van der Waals surface area contributed by atoms with Gasteiger partial charge in [-0.2, -0.15) is 0 Å². The second-order valence-electron chi connectivity index (χ2n) is 3.98. The van der Waals surface area contributed by atoms with Gasteiger partial charge in [0.25, 0.3) is 0 Å². The van der Waals surface area contributed by atoms with E-state index < -0.39 is 0 Å². The normalized spacial score (nSPS) is 10.7. The molecule has 3 nitrogen and oxygen atoms in total. The topological polar surface area (TPSA) is 51.8 Å². The number of anilines is 1. The van der Waals surface area contributed by atoms with E-state index in [0.717, 1.165) is 21.0 Å². The van der Waals surface area contributed by atoms with Crippen molar-refractivity contribution in [2.24, 2.45) is 0 Å². The molecule has 0 fully saturated rings. The van der Waals surface area contributed by atoms with Crippen LogP contribution in [0.2, 0.25) is 0 Å². The van der Waals surface area contributed by atoms with Crippen LogP contribution in [0, 0.1) is 0 Å². The summed E-state index contributed by atoms with van der Waals surface area (Å²) in [6, 6.07) is 13.9. The van der Waals surface area contributed by atoms with Gasteiger partial charge in [-0.25, -0.2) is 9.97 Å². The van der Waals surface area contributed by atoms with E-state index in [1.54, 1.807) is 6.20 Å². The number of pyridine rings is 2. The maximum atomic E-state index is 5.99. The van der Waals surface area contributed by atoms with Crippen LogP contribution >= 0.6 is 15.9 Å². The molecule has 2 N–H and O–H groups in total. The number of hydrogen-bond acceptors (Lipinski definition) is 3. The minimum Gasteiger partial charge on any atom is -0.383 e. The van der Waals surface area contributed by atoms with E-state index in [2.05, 4.69) is 25.9 Å². The Morgan fingerprint density at radius 2 is 1.83 bits per heavy atom. The molecule has 2 heterocycles. The average Bonchev–Trinajstić information content (AvgIpc) is 2.39. The fraction of sp³-hybridized carbons (Fsp3) is 0. The molecule has 0 atom stereocenters. The molecule has 18 heavy (non-hydrogen) atoms. The standard InChI is InChI=1S/C14H10BrN3/c15-11-5-3-9(4-6-11)12-8-10-2-1-7-17-14(10)18-13(12)16/h1-8H,(H2,16,17,18). The quantitative estimate of drug-likeness (QED) is 0.746. The molecule has 0 unspecified atom stereocenters. The Morgan fingerprint density at radius 3 is 2.61 bits per heavy atom. The fourth-order valence-corrected chi connectivity index (χ4v) is 2.14. The highest BCUT2D eigenvalue weighted by Gasteiger charge is 2.06. The molecule has 88 valence electrons. The van der Waals surface area contributed by atoms with Crippen molar-refractivity contribution >= 4 is 32.8 Å². The van der Waals surface area contributed by atoms with Gasteiger partial charge in [0.15, 0.2) is 5.65 Å². The molecule has 2 aromatic heterocycles. The largest absolute Gasteiger partial charge is 0.383 e. The summed E-state index contributed by atoms with van der Waals surface area (Å²) in [6.45, 7) is 0. The third-order valence-electron chi connectivity index (χ3n) is 2.77. The number of nitrogen functional groups attached to an aromatic ring is 1. The van der Waals surface area contributed by atoms with Crippen LogP contribution in [0.3, 0.4) is 0 Å². The predicted molar refractivity (Wildman–Crippen MR) is 77.1 cm³/mol. The van der Waals surface area contributed by atoms with Gasteiger partial charge < -0.3 is 5.73 Å². The smallest absolute Gasteiger partial charge is 0.161 e. The van der Waals surface area contributed by atoms with E-state index in [0.29, 0.717) is 11.5 Å². The second kappa shape index (κ2) is 4.38. The number of nitrogens with zero attached hydrogens (tertiary/aromatic N) is 2. The van der Waals surface area contributed by atoms with Crippen molar-refractivity contribution in [2.45, 2.75) is 0 Å². The highest BCUT2D eigenvalue weighted by atomic mass is 79.9. The molecule has 3 rings (SSSR count). The van der Waals surface area contributed by atoms with Gasteiger partial charge in [-0.1, -0.05) is 28.1 Å². The van der Waals surface area contributed by atoms with Gasteiger partial charge in [-0.05, 0) is 35.9 Å². The lowest BCUT2D eigenvalue weighted by molar-refractivity contribution is 1.29. The van der Waals surface area contributed by atoms with E-state index in [1.807, 2.05) is 42.5 Å². The third-order valence-corrected chi connectivity index (χ3v) is 3.30. The summed E-state index contributed by atoms with van der Waals surface area (Å²) in [5.41, 5.74) is 8.65. The van der Waals surface area contributed by atoms with Gasteiger partial charge in [-0.3, -0.25) is 0 Å². The van der Waals surface area contributed by atoms with Crippen LogP contribution < -0.4 is 5.73 Å². The zero-order chi connectivity index (χ0) is 12.5. The van der Waals surface area contributed by atoms with Gasteiger partial charge in [-0.15, -0.1) is 0 Å². The zero-order valence-electron chi connectivity index (χ0n) is 9.47. The Bertz CT molecular complexity index is 708. The number of nitrogens with two attached hydrogens (primary N) is 1. The molecule has 0 radical (unpaired) electrons.